The summed E-state index contributed by atoms with van der Waals surface area (Å²) in [7, 11) is 0. The van der Waals surface area contributed by atoms with Crippen LogP contribution in [0.4, 0.5) is 0 Å². The first-order valence-corrected chi connectivity index (χ1v) is 6.11. The van der Waals surface area contributed by atoms with Gasteiger partial charge in [0, 0.05) is 5.56 Å². The number of alkyl halides is 1. The maximum absolute atomic E-state index is 12.0. The van der Waals surface area contributed by atoms with E-state index >= 15 is 0 Å². The number of halogens is 1. The first-order valence-electron chi connectivity index (χ1n) is 5.68. The third kappa shape index (κ3) is 3.11. The van der Waals surface area contributed by atoms with E-state index in [2.05, 4.69) is 0 Å². The lowest BCUT2D eigenvalue weighted by atomic mass is 10.0. The van der Waals surface area contributed by atoms with Crippen LogP contribution < -0.4 is 0 Å². The van der Waals surface area contributed by atoms with E-state index in [0.29, 0.717) is 12.0 Å². The van der Waals surface area contributed by atoms with Crippen LogP contribution in [-0.4, -0.2) is 16.3 Å². The van der Waals surface area contributed by atoms with Crippen molar-refractivity contribution < 1.29 is 9.90 Å². The fourth-order valence-corrected chi connectivity index (χ4v) is 2.07. The second-order valence-electron chi connectivity index (χ2n) is 4.07. The van der Waals surface area contributed by atoms with Gasteiger partial charge in [0.15, 0.2) is 5.78 Å². The van der Waals surface area contributed by atoms with Crippen LogP contribution in [0.1, 0.15) is 15.9 Å². The monoisotopic (exact) mass is 260 g/mol. The summed E-state index contributed by atoms with van der Waals surface area (Å²) < 4.78 is 0. The van der Waals surface area contributed by atoms with Crippen molar-refractivity contribution in [2.24, 2.45) is 0 Å². The van der Waals surface area contributed by atoms with Crippen LogP contribution in [0.5, 0.6) is 5.75 Å². The molecule has 0 aliphatic rings. The highest BCUT2D eigenvalue weighted by Crippen LogP contribution is 2.17. The van der Waals surface area contributed by atoms with Crippen molar-refractivity contribution in [2.75, 3.05) is 0 Å². The Morgan fingerprint density at radius 1 is 1.11 bits per heavy atom. The minimum Gasteiger partial charge on any atom is -0.508 e. The van der Waals surface area contributed by atoms with E-state index < -0.39 is 5.38 Å². The smallest absolute Gasteiger partial charge is 0.180 e. The third-order valence-electron chi connectivity index (χ3n) is 2.67. The topological polar surface area (TPSA) is 37.3 Å². The summed E-state index contributed by atoms with van der Waals surface area (Å²) in [5, 5.41) is 8.74. The lowest BCUT2D eigenvalue weighted by Crippen LogP contribution is -2.17. The molecule has 2 nitrogen and oxygen atoms in total. The van der Waals surface area contributed by atoms with Gasteiger partial charge in [-0.1, -0.05) is 42.5 Å². The molecule has 0 radical (unpaired) electrons. The zero-order chi connectivity index (χ0) is 13.0. The molecule has 0 heterocycles. The maximum Gasteiger partial charge on any atom is 0.180 e. The van der Waals surface area contributed by atoms with Crippen LogP contribution in [0, 0.1) is 0 Å². The summed E-state index contributed by atoms with van der Waals surface area (Å²) in [5.41, 5.74) is 1.46. The van der Waals surface area contributed by atoms with Crippen LogP contribution in [-0.2, 0) is 6.42 Å². The highest BCUT2D eigenvalue weighted by Gasteiger charge is 2.17. The molecule has 92 valence electrons. The van der Waals surface area contributed by atoms with Crippen molar-refractivity contribution in [3.8, 4) is 5.75 Å². The molecule has 0 amide bonds. The average Bonchev–Trinajstić information content (AvgIpc) is 2.39. The molecule has 0 saturated carbocycles. The standard InChI is InChI=1S/C15H13ClO2/c16-14(10-11-5-4-8-13(17)9-11)15(18)12-6-2-1-3-7-12/h1-9,14,17H,10H2. The Kier molecular flexibility index (Phi) is 4.00. The van der Waals surface area contributed by atoms with Crippen LogP contribution in [0.2, 0.25) is 0 Å². The molecule has 1 N–H and O–H groups in total. The van der Waals surface area contributed by atoms with E-state index in [1.807, 2.05) is 24.3 Å². The Labute approximate surface area is 111 Å². The van der Waals surface area contributed by atoms with Crippen LogP contribution in [0.3, 0.4) is 0 Å². The number of carbonyl (C=O) groups is 1. The third-order valence-corrected chi connectivity index (χ3v) is 3.02. The van der Waals surface area contributed by atoms with Crippen molar-refractivity contribution >= 4 is 17.4 Å². The van der Waals surface area contributed by atoms with Crippen molar-refractivity contribution in [3.05, 3.63) is 65.7 Å². The molecule has 0 aromatic heterocycles. The SMILES string of the molecule is O=C(c1ccccc1)C(Cl)Cc1cccc(O)c1. The minimum absolute atomic E-state index is 0.0967. The second-order valence-corrected chi connectivity index (χ2v) is 4.60. The molecule has 1 unspecified atom stereocenters. The predicted octanol–water partition coefficient (Wildman–Crippen LogP) is 3.43. The largest absolute Gasteiger partial charge is 0.508 e. The van der Waals surface area contributed by atoms with Gasteiger partial charge in [-0.2, -0.15) is 0 Å². The summed E-state index contributed by atoms with van der Waals surface area (Å²) in [5.74, 6) is 0.0872. The molecule has 3 heteroatoms. The summed E-state index contributed by atoms with van der Waals surface area (Å²) >= 11 is 6.12. The molecular weight excluding hydrogens is 248 g/mol. The molecule has 0 aliphatic heterocycles. The van der Waals surface area contributed by atoms with Gasteiger partial charge in [-0.3, -0.25) is 4.79 Å². The van der Waals surface area contributed by atoms with Crippen LogP contribution >= 0.6 is 11.6 Å². The molecule has 18 heavy (non-hydrogen) atoms. The van der Waals surface area contributed by atoms with Crippen LogP contribution in [0.15, 0.2) is 54.6 Å². The van der Waals surface area contributed by atoms with Crippen molar-refractivity contribution in [1.82, 2.24) is 0 Å². The number of phenolic OH excluding ortho intramolecular Hbond substituents is 1. The Morgan fingerprint density at radius 3 is 2.50 bits per heavy atom. The Bertz CT molecular complexity index is 537. The number of rotatable bonds is 4. The molecule has 2 rings (SSSR count). The van der Waals surface area contributed by atoms with E-state index in [0.717, 1.165) is 5.56 Å². The average molecular weight is 261 g/mol. The van der Waals surface area contributed by atoms with Gasteiger partial charge >= 0.3 is 0 Å². The molecule has 1 atom stereocenters. The lowest BCUT2D eigenvalue weighted by Gasteiger charge is -2.09. The first kappa shape index (κ1) is 12.7. The maximum atomic E-state index is 12.0. The molecule has 0 saturated heterocycles. The summed E-state index contributed by atoms with van der Waals surface area (Å²) in [4.78, 5) is 12.0. The van der Waals surface area contributed by atoms with Gasteiger partial charge in [0.05, 0.1) is 0 Å². The lowest BCUT2D eigenvalue weighted by molar-refractivity contribution is 0.0986. The number of ketones is 1. The Hall–Kier alpha value is -1.80. The molecule has 0 fully saturated rings. The number of hydrogen-bond donors (Lipinski definition) is 1. The van der Waals surface area contributed by atoms with Gasteiger partial charge in [0.2, 0.25) is 0 Å². The number of benzene rings is 2. The quantitative estimate of drug-likeness (QED) is 0.676. The van der Waals surface area contributed by atoms with Crippen molar-refractivity contribution in [2.45, 2.75) is 11.8 Å². The number of aromatic hydroxyl groups is 1. The number of hydrogen-bond acceptors (Lipinski definition) is 2. The molecule has 0 bridgehead atoms. The second kappa shape index (κ2) is 5.69. The number of phenols is 1. The molecular formula is C15H13ClO2. The Balaban J connectivity index is 2.09. The fraction of sp³-hybridized carbons (Fsp3) is 0.133. The van der Waals surface area contributed by atoms with Crippen LogP contribution in [0.25, 0.3) is 0 Å². The predicted molar refractivity (Wildman–Crippen MR) is 72.2 cm³/mol. The number of Topliss-reactive ketones (excluding diaryl/α,β-unsaturated/α-hetero) is 1. The van der Waals surface area contributed by atoms with Gasteiger partial charge in [-0.05, 0) is 24.1 Å². The van der Waals surface area contributed by atoms with E-state index in [9.17, 15) is 9.90 Å². The van der Waals surface area contributed by atoms with Gasteiger partial charge in [0.25, 0.3) is 0 Å². The van der Waals surface area contributed by atoms with Gasteiger partial charge in [0.1, 0.15) is 11.1 Å². The normalized spacial score (nSPS) is 12.1. The highest BCUT2D eigenvalue weighted by molar-refractivity contribution is 6.34. The number of carbonyl (C=O) groups excluding carboxylic acids is 1. The molecule has 0 spiro atoms. The Morgan fingerprint density at radius 2 is 1.83 bits per heavy atom. The fourth-order valence-electron chi connectivity index (χ4n) is 1.77. The summed E-state index contributed by atoms with van der Waals surface area (Å²) in [6.07, 6.45) is 0.406. The molecule has 2 aromatic rings. The van der Waals surface area contributed by atoms with E-state index in [-0.39, 0.29) is 11.5 Å². The summed E-state index contributed by atoms with van der Waals surface area (Å²) in [6.45, 7) is 0. The van der Waals surface area contributed by atoms with E-state index in [1.54, 1.807) is 30.3 Å². The zero-order valence-electron chi connectivity index (χ0n) is 9.71. The van der Waals surface area contributed by atoms with Crippen molar-refractivity contribution in [3.63, 3.8) is 0 Å². The van der Waals surface area contributed by atoms with Gasteiger partial charge in [-0.15, -0.1) is 11.6 Å². The van der Waals surface area contributed by atoms with E-state index in [4.69, 9.17) is 11.6 Å². The highest BCUT2D eigenvalue weighted by atomic mass is 35.5. The van der Waals surface area contributed by atoms with Gasteiger partial charge in [-0.25, -0.2) is 0 Å². The minimum atomic E-state index is -0.616. The van der Waals surface area contributed by atoms with Crippen molar-refractivity contribution in [1.29, 1.82) is 0 Å². The molecule has 2 aromatic carbocycles. The van der Waals surface area contributed by atoms with Gasteiger partial charge < -0.3 is 5.11 Å². The first-order chi connectivity index (χ1) is 8.66. The zero-order valence-corrected chi connectivity index (χ0v) is 10.5. The molecule has 0 aliphatic carbocycles. The van der Waals surface area contributed by atoms with E-state index in [1.165, 1.54) is 0 Å². The summed E-state index contributed by atoms with van der Waals surface area (Å²) in [6, 6.07) is 15.8.